The van der Waals surface area contributed by atoms with Gasteiger partial charge < -0.3 is 0 Å². The number of hydrogen-bond acceptors (Lipinski definition) is 2. The predicted octanol–water partition coefficient (Wildman–Crippen LogP) is 2.74. The van der Waals surface area contributed by atoms with Crippen LogP contribution in [0.1, 0.15) is 11.1 Å². The summed E-state index contributed by atoms with van der Waals surface area (Å²) in [6.07, 6.45) is 0. The molecule has 2 aromatic carbocycles. The molecule has 0 unspecified atom stereocenters. The molecule has 2 rings (SSSR count). The Bertz CT molecular complexity index is 614. The number of thioether (sulfide) groups is 2. The first-order chi connectivity index (χ1) is 12.6. The molecule has 2 aromatic rings. The fourth-order valence-electron chi connectivity index (χ4n) is 1.48. The van der Waals surface area contributed by atoms with E-state index in [0.29, 0.717) is 10.3 Å². The molecule has 0 atom stereocenters. The molecule has 0 amide bonds. The van der Waals surface area contributed by atoms with E-state index in [1.807, 2.05) is 36.4 Å². The van der Waals surface area contributed by atoms with Crippen LogP contribution in [0.2, 0.25) is 0 Å². The topological polar surface area (TPSA) is 103 Å². The van der Waals surface area contributed by atoms with Gasteiger partial charge in [-0.3, -0.25) is 22.3 Å². The number of benzene rings is 2. The van der Waals surface area contributed by atoms with Crippen molar-refractivity contribution in [1.29, 1.82) is 0 Å². The molecule has 0 radical (unpaired) electrons. The van der Waals surface area contributed by atoms with Gasteiger partial charge in [0.2, 0.25) is 0 Å². The van der Waals surface area contributed by atoms with Crippen molar-refractivity contribution in [2.45, 2.75) is 11.5 Å². The van der Waals surface area contributed by atoms with Crippen LogP contribution in [0.5, 0.6) is 0 Å². The average molecular weight is 535 g/mol. The summed E-state index contributed by atoms with van der Waals surface area (Å²) in [6.45, 7) is 0. The normalized spacial score (nSPS) is 10.5. The van der Waals surface area contributed by atoms with Gasteiger partial charge in [0.25, 0.3) is 10.3 Å². The molecule has 0 saturated heterocycles. The van der Waals surface area contributed by atoms with Gasteiger partial charge in [0, 0.05) is 11.5 Å². The molecule has 0 fully saturated rings. The van der Waals surface area contributed by atoms with E-state index in [0.717, 1.165) is 11.5 Å². The molecule has 0 spiro atoms. The molecular formula is C16H22Cl4CoN4S2. The van der Waals surface area contributed by atoms with Crippen LogP contribution < -0.4 is 22.3 Å². The molecule has 155 valence electrons. The van der Waals surface area contributed by atoms with Crippen LogP contribution >= 0.6 is 64.1 Å². The summed E-state index contributed by atoms with van der Waals surface area (Å²) in [6, 6.07) is 20.2. The molecule has 4 nitrogen and oxygen atoms in total. The van der Waals surface area contributed by atoms with E-state index in [9.17, 15) is 0 Å². The second-order valence-corrected chi connectivity index (χ2v) is 17.1. The SMILES string of the molecule is NC(=[NH2+])SCc1ccccc1.NC(=[NH2+])SCc1ccccc1.[Cl][Co-2]([Cl])([Cl])[Cl]. The Kier molecular flexibility index (Phi) is 15.5. The quantitative estimate of drug-likeness (QED) is 0.357. The first-order valence-electron chi connectivity index (χ1n) is 7.17. The number of hydrogen-bond donors (Lipinski definition) is 4. The van der Waals surface area contributed by atoms with Crippen LogP contribution in [0.15, 0.2) is 60.7 Å². The van der Waals surface area contributed by atoms with Gasteiger partial charge >= 0.3 is 49.6 Å². The standard InChI is InChI=1S/2C8H10N2S.4ClH.Co/c2*9-8(10)11-6-7-4-2-1-3-5-7;;;;;/h2*1-5H,6H2,(H3,9,10);4*1H;/q;;;;;;+2/p-2. The van der Waals surface area contributed by atoms with Gasteiger partial charge in [0.1, 0.15) is 0 Å². The van der Waals surface area contributed by atoms with Gasteiger partial charge in [-0.2, -0.15) is 0 Å². The van der Waals surface area contributed by atoms with Gasteiger partial charge in [-0.1, -0.05) is 60.7 Å². The fourth-order valence-corrected chi connectivity index (χ4v) is 2.53. The molecule has 0 aromatic heterocycles. The van der Waals surface area contributed by atoms with Crippen LogP contribution in [0, 0.1) is 0 Å². The first kappa shape index (κ1) is 26.7. The summed E-state index contributed by atoms with van der Waals surface area (Å²) in [5.74, 6) is 1.70. The molecular weight excluding hydrogens is 513 g/mol. The monoisotopic (exact) mass is 533 g/mol. The Morgan fingerprint density at radius 1 is 0.704 bits per heavy atom. The zero-order valence-electron chi connectivity index (χ0n) is 14.2. The first-order valence-corrected chi connectivity index (χ1v) is 14.9. The Morgan fingerprint density at radius 2 is 0.963 bits per heavy atom. The number of nitrogens with two attached hydrogens (primary N) is 4. The molecule has 0 aliphatic heterocycles. The minimum atomic E-state index is -2.49. The summed E-state index contributed by atoms with van der Waals surface area (Å²) < 4.78 is 0. The van der Waals surface area contributed by atoms with Gasteiger partial charge in [-0.05, 0) is 34.7 Å². The molecule has 0 aliphatic rings. The zero-order chi connectivity index (χ0) is 20.7. The van der Waals surface area contributed by atoms with Crippen molar-refractivity contribution in [3.8, 4) is 0 Å². The fraction of sp³-hybridized carbons (Fsp3) is 0.125. The van der Waals surface area contributed by atoms with E-state index in [1.54, 1.807) is 0 Å². The Balaban J connectivity index is 0.000000405. The van der Waals surface area contributed by atoms with Crippen molar-refractivity contribution in [1.82, 2.24) is 0 Å². The zero-order valence-corrected chi connectivity index (χ0v) is 19.9. The third kappa shape index (κ3) is 21.9. The molecule has 11 heteroatoms. The summed E-state index contributed by atoms with van der Waals surface area (Å²) >= 11 is 2.91. The molecule has 0 heterocycles. The van der Waals surface area contributed by atoms with E-state index < -0.39 is 9.01 Å². The Labute approximate surface area is 187 Å². The summed E-state index contributed by atoms with van der Waals surface area (Å²) in [7, 11) is 17.3. The van der Waals surface area contributed by atoms with Gasteiger partial charge in [0.15, 0.2) is 0 Å². The predicted molar refractivity (Wildman–Crippen MR) is 121 cm³/mol. The van der Waals surface area contributed by atoms with E-state index in [-0.39, 0.29) is 0 Å². The average Bonchev–Trinajstić information content (AvgIpc) is 2.59. The molecule has 0 aliphatic carbocycles. The van der Waals surface area contributed by atoms with Crippen molar-refractivity contribution in [3.63, 3.8) is 0 Å². The van der Waals surface area contributed by atoms with E-state index >= 15 is 0 Å². The third-order valence-electron chi connectivity index (χ3n) is 2.50. The van der Waals surface area contributed by atoms with Crippen LogP contribution in [-0.4, -0.2) is 10.3 Å². The third-order valence-corrected chi connectivity index (χ3v) is 4.12. The number of rotatable bonds is 4. The van der Waals surface area contributed by atoms with E-state index in [4.69, 9.17) is 62.9 Å². The van der Waals surface area contributed by atoms with Crippen molar-refractivity contribution in [3.05, 3.63) is 71.8 Å². The van der Waals surface area contributed by atoms with E-state index in [2.05, 4.69) is 24.3 Å². The number of halogens is 4. The maximum atomic E-state index is 5.30. The van der Waals surface area contributed by atoms with Crippen molar-refractivity contribution in [2.75, 3.05) is 0 Å². The van der Waals surface area contributed by atoms with Gasteiger partial charge in [-0.15, -0.1) is 0 Å². The summed E-state index contributed by atoms with van der Waals surface area (Å²) in [5, 5.41) is 11.4. The van der Waals surface area contributed by atoms with E-state index in [1.165, 1.54) is 34.7 Å². The molecule has 8 N–H and O–H groups in total. The second kappa shape index (κ2) is 15.6. The number of amidine groups is 2. The van der Waals surface area contributed by atoms with Crippen molar-refractivity contribution in [2.24, 2.45) is 11.5 Å². The van der Waals surface area contributed by atoms with Crippen LogP contribution in [0.25, 0.3) is 0 Å². The van der Waals surface area contributed by atoms with Crippen molar-refractivity contribution >= 4 is 74.4 Å². The van der Waals surface area contributed by atoms with Gasteiger partial charge in [0.05, 0.1) is 0 Å². The summed E-state index contributed by atoms with van der Waals surface area (Å²) in [4.78, 5) is 0. The second-order valence-electron chi connectivity index (χ2n) is 4.64. The maximum absolute atomic E-state index is 5.30. The summed E-state index contributed by atoms with van der Waals surface area (Å²) in [5.41, 5.74) is 13.1. The Hall–Kier alpha value is -0.254. The molecule has 0 saturated carbocycles. The van der Waals surface area contributed by atoms with Crippen LogP contribution in [-0.2, 0) is 20.5 Å². The molecule has 0 bridgehead atoms. The van der Waals surface area contributed by atoms with Crippen LogP contribution in [0.3, 0.4) is 0 Å². The van der Waals surface area contributed by atoms with Crippen LogP contribution in [0.4, 0.5) is 0 Å². The van der Waals surface area contributed by atoms with Gasteiger partial charge in [-0.25, -0.2) is 0 Å². The Morgan fingerprint density at radius 3 is 1.19 bits per heavy atom. The molecule has 27 heavy (non-hydrogen) atoms. The van der Waals surface area contributed by atoms with Crippen molar-refractivity contribution < 1.29 is 19.8 Å². The minimum absolute atomic E-state index is 0.425.